The molecule has 2 unspecified atom stereocenters. The lowest BCUT2D eigenvalue weighted by molar-refractivity contribution is 0.328. The Morgan fingerprint density at radius 1 is 1.64 bits per heavy atom. The van der Waals surface area contributed by atoms with E-state index in [1.165, 1.54) is 6.08 Å². The molecule has 3 heteroatoms. The molecule has 0 aromatic heterocycles. The van der Waals surface area contributed by atoms with E-state index in [1.54, 1.807) is 20.0 Å². The lowest BCUT2D eigenvalue weighted by Crippen LogP contribution is -2.19. The summed E-state index contributed by atoms with van der Waals surface area (Å²) in [6, 6.07) is 0. The quantitative estimate of drug-likeness (QED) is 0.645. The average Bonchev–Trinajstić information content (AvgIpc) is 2.01. The van der Waals surface area contributed by atoms with Crippen molar-refractivity contribution >= 4 is 11.6 Å². The zero-order valence-electron chi connectivity index (χ0n) is 6.57. The Kier molecular flexibility index (Phi) is 2.55. The molecule has 0 saturated heterocycles. The first-order valence-corrected chi connectivity index (χ1v) is 3.94. The van der Waals surface area contributed by atoms with Gasteiger partial charge in [0.2, 0.25) is 0 Å². The molecule has 0 aliphatic heterocycles. The van der Waals surface area contributed by atoms with Crippen molar-refractivity contribution in [2.24, 2.45) is 5.92 Å². The minimum absolute atomic E-state index is 0.218. The number of hydrogen-bond donors (Lipinski definition) is 1. The number of hydrogen-bond acceptors (Lipinski definition) is 1. The van der Waals surface area contributed by atoms with Crippen molar-refractivity contribution in [1.82, 2.24) is 5.32 Å². The molecular weight excluding hydrogens is 165 g/mol. The van der Waals surface area contributed by atoms with Gasteiger partial charge in [0.25, 0.3) is 0 Å². The SMILES string of the molecule is CNC1=C(Cl)C(C)C(F)C=C1. The van der Waals surface area contributed by atoms with Crippen LogP contribution in [0.5, 0.6) is 0 Å². The summed E-state index contributed by atoms with van der Waals surface area (Å²) in [4.78, 5) is 0. The predicted molar refractivity (Wildman–Crippen MR) is 45.1 cm³/mol. The predicted octanol–water partition coefficient (Wildman–Crippen LogP) is 2.20. The minimum Gasteiger partial charge on any atom is -0.387 e. The van der Waals surface area contributed by atoms with Crippen LogP contribution in [0.3, 0.4) is 0 Å². The third-order valence-electron chi connectivity index (χ3n) is 1.85. The molecule has 1 aliphatic rings. The van der Waals surface area contributed by atoms with Crippen LogP contribution < -0.4 is 5.32 Å². The first-order chi connectivity index (χ1) is 5.16. The molecule has 0 aromatic rings. The number of alkyl halides is 1. The lowest BCUT2D eigenvalue weighted by Gasteiger charge is -2.19. The third kappa shape index (κ3) is 1.56. The van der Waals surface area contributed by atoms with Crippen LogP contribution >= 0.6 is 11.6 Å². The third-order valence-corrected chi connectivity index (χ3v) is 2.40. The van der Waals surface area contributed by atoms with Crippen molar-refractivity contribution < 1.29 is 4.39 Å². The Bertz CT molecular complexity index is 210. The van der Waals surface area contributed by atoms with Gasteiger partial charge in [-0.3, -0.25) is 0 Å². The van der Waals surface area contributed by atoms with Crippen LogP contribution in [0.1, 0.15) is 6.92 Å². The Hall–Kier alpha value is -0.500. The largest absolute Gasteiger partial charge is 0.387 e. The van der Waals surface area contributed by atoms with Crippen molar-refractivity contribution in [2.45, 2.75) is 13.1 Å². The molecule has 0 saturated carbocycles. The monoisotopic (exact) mass is 175 g/mol. The maximum absolute atomic E-state index is 12.9. The summed E-state index contributed by atoms with van der Waals surface area (Å²) in [5.74, 6) is -0.218. The van der Waals surface area contributed by atoms with Gasteiger partial charge >= 0.3 is 0 Å². The zero-order chi connectivity index (χ0) is 8.43. The van der Waals surface area contributed by atoms with E-state index < -0.39 is 6.17 Å². The number of allylic oxidation sites excluding steroid dienone is 3. The van der Waals surface area contributed by atoms with Crippen molar-refractivity contribution in [2.75, 3.05) is 7.05 Å². The maximum Gasteiger partial charge on any atom is 0.126 e. The van der Waals surface area contributed by atoms with Crippen LogP contribution in [-0.4, -0.2) is 13.2 Å². The molecule has 0 amide bonds. The molecule has 1 aliphatic carbocycles. The van der Waals surface area contributed by atoms with E-state index in [4.69, 9.17) is 11.6 Å². The smallest absolute Gasteiger partial charge is 0.126 e. The summed E-state index contributed by atoms with van der Waals surface area (Å²) in [6.45, 7) is 1.77. The maximum atomic E-state index is 12.9. The van der Waals surface area contributed by atoms with Gasteiger partial charge < -0.3 is 5.32 Å². The van der Waals surface area contributed by atoms with Gasteiger partial charge in [-0.25, -0.2) is 4.39 Å². The van der Waals surface area contributed by atoms with Gasteiger partial charge in [0, 0.05) is 23.7 Å². The van der Waals surface area contributed by atoms with E-state index in [2.05, 4.69) is 5.32 Å². The topological polar surface area (TPSA) is 12.0 Å². The molecule has 1 N–H and O–H groups in total. The number of nitrogens with one attached hydrogen (secondary N) is 1. The number of halogens is 2. The Balaban J connectivity index is 2.87. The number of rotatable bonds is 1. The normalized spacial score (nSPS) is 30.9. The van der Waals surface area contributed by atoms with Crippen LogP contribution in [0.4, 0.5) is 4.39 Å². The lowest BCUT2D eigenvalue weighted by atomic mass is 9.99. The van der Waals surface area contributed by atoms with Crippen LogP contribution in [0, 0.1) is 5.92 Å². The second-order valence-corrected chi connectivity index (χ2v) is 3.01. The first kappa shape index (κ1) is 8.60. The molecule has 0 spiro atoms. The van der Waals surface area contributed by atoms with Gasteiger partial charge in [-0.2, -0.15) is 0 Å². The highest BCUT2D eigenvalue weighted by Gasteiger charge is 2.22. The fourth-order valence-corrected chi connectivity index (χ4v) is 1.30. The van der Waals surface area contributed by atoms with Gasteiger partial charge in [-0.05, 0) is 12.2 Å². The van der Waals surface area contributed by atoms with Crippen molar-refractivity contribution in [3.8, 4) is 0 Å². The molecule has 0 bridgehead atoms. The van der Waals surface area contributed by atoms with Gasteiger partial charge in [-0.1, -0.05) is 18.5 Å². The molecule has 0 fully saturated rings. The molecule has 1 rings (SSSR count). The summed E-state index contributed by atoms with van der Waals surface area (Å²) in [7, 11) is 1.77. The van der Waals surface area contributed by atoms with Crippen molar-refractivity contribution in [1.29, 1.82) is 0 Å². The summed E-state index contributed by atoms with van der Waals surface area (Å²) >= 11 is 5.85. The van der Waals surface area contributed by atoms with Gasteiger partial charge in [-0.15, -0.1) is 0 Å². The van der Waals surface area contributed by atoms with Gasteiger partial charge in [0.1, 0.15) is 6.17 Å². The van der Waals surface area contributed by atoms with Gasteiger partial charge in [0.05, 0.1) is 0 Å². The molecule has 1 nitrogen and oxygen atoms in total. The van der Waals surface area contributed by atoms with E-state index >= 15 is 0 Å². The molecule has 0 heterocycles. The molecular formula is C8H11ClFN. The first-order valence-electron chi connectivity index (χ1n) is 3.56. The highest BCUT2D eigenvalue weighted by molar-refractivity contribution is 6.30. The van der Waals surface area contributed by atoms with Crippen LogP contribution in [-0.2, 0) is 0 Å². The molecule has 11 heavy (non-hydrogen) atoms. The number of likely N-dealkylation sites (N-methyl/N-ethyl adjacent to an activating group) is 1. The average molecular weight is 176 g/mol. The van der Waals surface area contributed by atoms with E-state index in [0.29, 0.717) is 5.03 Å². The second kappa shape index (κ2) is 3.26. The fraction of sp³-hybridized carbons (Fsp3) is 0.500. The van der Waals surface area contributed by atoms with E-state index in [-0.39, 0.29) is 5.92 Å². The van der Waals surface area contributed by atoms with Crippen molar-refractivity contribution in [3.63, 3.8) is 0 Å². The van der Waals surface area contributed by atoms with E-state index in [0.717, 1.165) is 5.70 Å². The minimum atomic E-state index is -0.945. The Morgan fingerprint density at radius 2 is 2.27 bits per heavy atom. The van der Waals surface area contributed by atoms with Crippen LogP contribution in [0.15, 0.2) is 22.9 Å². The summed E-state index contributed by atoms with van der Waals surface area (Å²) in [5, 5.41) is 3.47. The Morgan fingerprint density at radius 3 is 2.82 bits per heavy atom. The highest BCUT2D eigenvalue weighted by Crippen LogP contribution is 2.28. The summed E-state index contributed by atoms with van der Waals surface area (Å²) < 4.78 is 12.9. The van der Waals surface area contributed by atoms with E-state index in [1.807, 2.05) is 0 Å². The second-order valence-electron chi connectivity index (χ2n) is 2.60. The fourth-order valence-electron chi connectivity index (χ4n) is 1.02. The highest BCUT2D eigenvalue weighted by atomic mass is 35.5. The Labute approximate surface area is 70.9 Å². The molecule has 62 valence electrons. The van der Waals surface area contributed by atoms with Crippen molar-refractivity contribution in [3.05, 3.63) is 22.9 Å². The van der Waals surface area contributed by atoms with Crippen LogP contribution in [0.25, 0.3) is 0 Å². The van der Waals surface area contributed by atoms with E-state index in [9.17, 15) is 4.39 Å². The molecule has 0 aromatic carbocycles. The molecule has 0 radical (unpaired) electrons. The standard InChI is InChI=1S/C8H11ClFN/c1-5-6(10)3-4-7(11-2)8(5)9/h3-6,11H,1-2H3. The zero-order valence-corrected chi connectivity index (χ0v) is 7.32. The van der Waals surface area contributed by atoms with Gasteiger partial charge in [0.15, 0.2) is 0 Å². The molecule has 2 atom stereocenters. The van der Waals surface area contributed by atoms with Crippen LogP contribution in [0.2, 0.25) is 0 Å². The summed E-state index contributed by atoms with van der Waals surface area (Å²) in [6.07, 6.45) is 2.25. The summed E-state index contributed by atoms with van der Waals surface area (Å²) in [5.41, 5.74) is 0.813.